The van der Waals surface area contributed by atoms with E-state index in [0.29, 0.717) is 12.5 Å². The molecule has 1 N–H and O–H groups in total. The molecular weight excluding hydrogens is 317 g/mol. The number of aliphatic hydroxyl groups is 1. The van der Waals surface area contributed by atoms with E-state index in [1.807, 2.05) is 18.2 Å². The van der Waals surface area contributed by atoms with Crippen LogP contribution in [0.3, 0.4) is 0 Å². The summed E-state index contributed by atoms with van der Waals surface area (Å²) in [6.45, 7) is 4.80. The van der Waals surface area contributed by atoms with Crippen LogP contribution in [0.1, 0.15) is 30.9 Å². The molecule has 0 bridgehead atoms. The molecule has 1 heterocycles. The Morgan fingerprint density at radius 3 is 2.36 bits per heavy atom. The van der Waals surface area contributed by atoms with Gasteiger partial charge in [-0.2, -0.15) is 0 Å². The molecule has 3 nitrogen and oxygen atoms in total. The summed E-state index contributed by atoms with van der Waals surface area (Å²) >= 11 is 0. The molecule has 1 fully saturated rings. The molecule has 3 rings (SSSR count). The van der Waals surface area contributed by atoms with E-state index in [2.05, 4.69) is 17.0 Å². The standard InChI is InChI=1S/C21H26FNO2/c1-21(24,19-7-9-20(22)10-8-19)23-13-11-18(12-14-23)16-25-15-17-5-3-2-4-6-17/h2-10,18,24H,11-16H2,1H3. The second-order valence-electron chi connectivity index (χ2n) is 6.96. The van der Waals surface area contributed by atoms with Crippen LogP contribution in [0.25, 0.3) is 0 Å². The molecule has 2 aromatic carbocycles. The van der Waals surface area contributed by atoms with E-state index in [1.165, 1.54) is 17.7 Å². The number of ether oxygens (including phenoxy) is 1. The zero-order valence-corrected chi connectivity index (χ0v) is 14.7. The lowest BCUT2D eigenvalue weighted by Crippen LogP contribution is -2.48. The summed E-state index contributed by atoms with van der Waals surface area (Å²) in [5, 5.41) is 10.9. The first-order valence-corrected chi connectivity index (χ1v) is 8.91. The summed E-state index contributed by atoms with van der Waals surface area (Å²) in [5.41, 5.74) is 0.857. The van der Waals surface area contributed by atoms with E-state index in [4.69, 9.17) is 4.74 Å². The molecule has 1 aliphatic heterocycles. The van der Waals surface area contributed by atoms with Gasteiger partial charge in [0.25, 0.3) is 0 Å². The lowest BCUT2D eigenvalue weighted by molar-refractivity contribution is -0.117. The quantitative estimate of drug-likeness (QED) is 0.863. The Balaban J connectivity index is 1.47. The van der Waals surface area contributed by atoms with Crippen molar-refractivity contribution in [1.82, 2.24) is 4.90 Å². The van der Waals surface area contributed by atoms with Gasteiger partial charge >= 0.3 is 0 Å². The first-order chi connectivity index (χ1) is 12.1. The maximum absolute atomic E-state index is 13.1. The average molecular weight is 343 g/mol. The second kappa shape index (κ2) is 8.09. The van der Waals surface area contributed by atoms with Gasteiger partial charge in [-0.3, -0.25) is 4.90 Å². The van der Waals surface area contributed by atoms with Crippen LogP contribution in [0.4, 0.5) is 4.39 Å². The number of piperidine rings is 1. The molecular formula is C21H26FNO2. The molecule has 0 aromatic heterocycles. The zero-order chi connectivity index (χ0) is 17.7. The molecule has 0 aliphatic carbocycles. The predicted molar refractivity (Wildman–Crippen MR) is 96.4 cm³/mol. The summed E-state index contributed by atoms with van der Waals surface area (Å²) in [6.07, 6.45) is 1.98. The number of halogens is 1. The van der Waals surface area contributed by atoms with E-state index in [1.54, 1.807) is 19.1 Å². The summed E-state index contributed by atoms with van der Waals surface area (Å²) < 4.78 is 19.0. The third-order valence-corrected chi connectivity index (χ3v) is 5.09. The number of rotatable bonds is 6. The van der Waals surface area contributed by atoms with Crippen molar-refractivity contribution in [3.63, 3.8) is 0 Å². The van der Waals surface area contributed by atoms with Crippen LogP contribution in [0.2, 0.25) is 0 Å². The highest BCUT2D eigenvalue weighted by molar-refractivity contribution is 5.22. The normalized spacial score (nSPS) is 18.8. The summed E-state index contributed by atoms with van der Waals surface area (Å²) in [6, 6.07) is 16.3. The van der Waals surface area contributed by atoms with Crippen molar-refractivity contribution < 1.29 is 14.2 Å². The van der Waals surface area contributed by atoms with Gasteiger partial charge in [0, 0.05) is 19.7 Å². The fourth-order valence-electron chi connectivity index (χ4n) is 3.40. The van der Waals surface area contributed by atoms with Gasteiger partial charge in [0.2, 0.25) is 0 Å². The van der Waals surface area contributed by atoms with E-state index >= 15 is 0 Å². The molecule has 2 aromatic rings. The number of likely N-dealkylation sites (tertiary alicyclic amines) is 1. The van der Waals surface area contributed by atoms with Crippen molar-refractivity contribution in [3.8, 4) is 0 Å². The van der Waals surface area contributed by atoms with Crippen LogP contribution in [-0.4, -0.2) is 29.7 Å². The fourth-order valence-corrected chi connectivity index (χ4v) is 3.40. The Bertz CT molecular complexity index is 649. The van der Waals surface area contributed by atoms with Gasteiger partial charge in [-0.25, -0.2) is 4.39 Å². The van der Waals surface area contributed by atoms with Crippen molar-refractivity contribution >= 4 is 0 Å². The molecule has 0 radical (unpaired) electrons. The Labute approximate surface area is 149 Å². The molecule has 0 saturated carbocycles. The molecule has 1 aliphatic rings. The maximum Gasteiger partial charge on any atom is 0.141 e. The highest BCUT2D eigenvalue weighted by atomic mass is 19.1. The van der Waals surface area contributed by atoms with E-state index < -0.39 is 5.72 Å². The summed E-state index contributed by atoms with van der Waals surface area (Å²) in [7, 11) is 0. The van der Waals surface area contributed by atoms with Gasteiger partial charge in [-0.1, -0.05) is 42.5 Å². The van der Waals surface area contributed by atoms with Crippen molar-refractivity contribution in [2.45, 2.75) is 32.1 Å². The van der Waals surface area contributed by atoms with Gasteiger partial charge in [0.1, 0.15) is 11.5 Å². The zero-order valence-electron chi connectivity index (χ0n) is 14.7. The summed E-state index contributed by atoms with van der Waals surface area (Å²) in [5.74, 6) is 0.234. The Hall–Kier alpha value is -1.75. The van der Waals surface area contributed by atoms with Crippen LogP contribution in [0.15, 0.2) is 54.6 Å². The molecule has 1 saturated heterocycles. The Morgan fingerprint density at radius 2 is 1.72 bits per heavy atom. The lowest BCUT2D eigenvalue weighted by atomic mass is 9.93. The maximum atomic E-state index is 13.1. The predicted octanol–water partition coefficient (Wildman–Crippen LogP) is 3.92. The topological polar surface area (TPSA) is 32.7 Å². The molecule has 0 spiro atoms. The number of hydrogen-bond acceptors (Lipinski definition) is 3. The molecule has 25 heavy (non-hydrogen) atoms. The average Bonchev–Trinajstić information content (AvgIpc) is 2.63. The highest BCUT2D eigenvalue weighted by Crippen LogP contribution is 2.30. The molecule has 0 amide bonds. The Kier molecular flexibility index (Phi) is 5.84. The van der Waals surface area contributed by atoms with Crippen molar-refractivity contribution in [2.75, 3.05) is 19.7 Å². The molecule has 1 atom stereocenters. The van der Waals surface area contributed by atoms with Gasteiger partial charge in [0.05, 0.1) is 6.61 Å². The van der Waals surface area contributed by atoms with Crippen molar-refractivity contribution in [2.24, 2.45) is 5.92 Å². The lowest BCUT2D eigenvalue weighted by Gasteiger charge is -2.41. The van der Waals surface area contributed by atoms with Crippen LogP contribution in [0, 0.1) is 11.7 Å². The molecule has 1 unspecified atom stereocenters. The van der Waals surface area contributed by atoms with E-state index in [9.17, 15) is 9.50 Å². The van der Waals surface area contributed by atoms with Crippen LogP contribution in [0.5, 0.6) is 0 Å². The van der Waals surface area contributed by atoms with Crippen LogP contribution >= 0.6 is 0 Å². The minimum absolute atomic E-state index is 0.283. The van der Waals surface area contributed by atoms with Gasteiger partial charge in [0.15, 0.2) is 0 Å². The number of nitrogens with zero attached hydrogens (tertiary/aromatic N) is 1. The van der Waals surface area contributed by atoms with Crippen molar-refractivity contribution in [3.05, 3.63) is 71.5 Å². The minimum atomic E-state index is -1.07. The highest BCUT2D eigenvalue weighted by Gasteiger charge is 2.34. The smallest absolute Gasteiger partial charge is 0.141 e. The third kappa shape index (κ3) is 4.66. The van der Waals surface area contributed by atoms with Gasteiger partial charge < -0.3 is 9.84 Å². The summed E-state index contributed by atoms with van der Waals surface area (Å²) in [4.78, 5) is 2.06. The SMILES string of the molecule is CC(O)(c1ccc(F)cc1)N1CCC(COCc2ccccc2)CC1. The number of hydrogen-bond donors (Lipinski definition) is 1. The first kappa shape index (κ1) is 18.1. The van der Waals surface area contributed by atoms with Crippen molar-refractivity contribution in [1.29, 1.82) is 0 Å². The van der Waals surface area contributed by atoms with Gasteiger partial charge in [-0.05, 0) is 48.9 Å². The van der Waals surface area contributed by atoms with E-state index in [0.717, 1.165) is 38.1 Å². The fraction of sp³-hybridized carbons (Fsp3) is 0.429. The van der Waals surface area contributed by atoms with Gasteiger partial charge in [-0.15, -0.1) is 0 Å². The molecule has 4 heteroatoms. The van der Waals surface area contributed by atoms with Crippen LogP contribution in [-0.2, 0) is 17.1 Å². The van der Waals surface area contributed by atoms with E-state index in [-0.39, 0.29) is 5.82 Å². The minimum Gasteiger partial charge on any atom is -0.376 e. The monoisotopic (exact) mass is 343 g/mol. The second-order valence-corrected chi connectivity index (χ2v) is 6.96. The largest absolute Gasteiger partial charge is 0.376 e. The number of benzene rings is 2. The Morgan fingerprint density at radius 1 is 1.08 bits per heavy atom. The first-order valence-electron chi connectivity index (χ1n) is 8.91. The molecule has 134 valence electrons. The third-order valence-electron chi connectivity index (χ3n) is 5.09. The van der Waals surface area contributed by atoms with Crippen LogP contribution < -0.4 is 0 Å².